The number of sulfone groups is 1. The van der Waals surface area contributed by atoms with Crippen molar-refractivity contribution in [2.75, 3.05) is 5.75 Å². The monoisotopic (exact) mass is 216 g/mol. The van der Waals surface area contributed by atoms with Gasteiger partial charge in [-0.05, 0) is 18.6 Å². The second kappa shape index (κ2) is 4.09. The molecule has 1 aromatic carbocycles. The van der Waals surface area contributed by atoms with E-state index in [1.165, 1.54) is 12.1 Å². The van der Waals surface area contributed by atoms with Crippen LogP contribution in [0.25, 0.3) is 0 Å². The van der Waals surface area contributed by atoms with Gasteiger partial charge in [0.1, 0.15) is 5.82 Å². The lowest BCUT2D eigenvalue weighted by Gasteiger charge is -2.03. The summed E-state index contributed by atoms with van der Waals surface area (Å²) in [7, 11) is -3.15. The summed E-state index contributed by atoms with van der Waals surface area (Å²) in [4.78, 5) is 0. The summed E-state index contributed by atoms with van der Waals surface area (Å²) in [6.45, 7) is 3.32. The Morgan fingerprint density at radius 2 is 2.00 bits per heavy atom. The second-order valence-corrected chi connectivity index (χ2v) is 5.62. The lowest BCUT2D eigenvalue weighted by atomic mass is 10.2. The minimum atomic E-state index is -3.15. The fourth-order valence-electron chi connectivity index (χ4n) is 1.11. The molecule has 4 heteroatoms. The van der Waals surface area contributed by atoms with Crippen molar-refractivity contribution >= 4 is 9.84 Å². The minimum Gasteiger partial charge on any atom is -0.229 e. The standard InChI is InChI=1S/C10H13FO2S/c1-3-14(12,13)7-9-5-4-8(2)6-10(9)11/h4-6H,3,7H2,1-2H3. The van der Waals surface area contributed by atoms with Gasteiger partial charge in [-0.15, -0.1) is 0 Å². The molecule has 78 valence electrons. The Balaban J connectivity index is 2.99. The first-order valence-corrected chi connectivity index (χ1v) is 6.22. The van der Waals surface area contributed by atoms with Gasteiger partial charge in [-0.25, -0.2) is 12.8 Å². The molecule has 0 aliphatic carbocycles. The maximum atomic E-state index is 13.3. The van der Waals surface area contributed by atoms with Gasteiger partial charge >= 0.3 is 0 Å². The molecule has 0 unspecified atom stereocenters. The van der Waals surface area contributed by atoms with E-state index in [4.69, 9.17) is 0 Å². The molecule has 0 saturated carbocycles. The zero-order valence-corrected chi connectivity index (χ0v) is 9.07. The quantitative estimate of drug-likeness (QED) is 0.775. The van der Waals surface area contributed by atoms with Gasteiger partial charge in [0.25, 0.3) is 0 Å². The average molecular weight is 216 g/mol. The molecule has 14 heavy (non-hydrogen) atoms. The highest BCUT2D eigenvalue weighted by molar-refractivity contribution is 7.90. The van der Waals surface area contributed by atoms with Gasteiger partial charge in [-0.2, -0.15) is 0 Å². The van der Waals surface area contributed by atoms with E-state index < -0.39 is 15.7 Å². The summed E-state index contributed by atoms with van der Waals surface area (Å²) < 4.78 is 35.7. The van der Waals surface area contributed by atoms with Crippen LogP contribution in [0.1, 0.15) is 18.1 Å². The van der Waals surface area contributed by atoms with Gasteiger partial charge in [-0.3, -0.25) is 0 Å². The van der Waals surface area contributed by atoms with Crippen LogP contribution in [0.2, 0.25) is 0 Å². The molecule has 0 amide bonds. The fourth-order valence-corrected chi connectivity index (χ4v) is 2.02. The van der Waals surface area contributed by atoms with Gasteiger partial charge < -0.3 is 0 Å². The summed E-state index contributed by atoms with van der Waals surface area (Å²) in [6, 6.07) is 4.59. The Morgan fingerprint density at radius 1 is 1.36 bits per heavy atom. The highest BCUT2D eigenvalue weighted by atomic mass is 32.2. The van der Waals surface area contributed by atoms with Crippen molar-refractivity contribution in [3.63, 3.8) is 0 Å². The van der Waals surface area contributed by atoms with Gasteiger partial charge in [0.2, 0.25) is 0 Å². The van der Waals surface area contributed by atoms with Crippen molar-refractivity contribution in [2.24, 2.45) is 0 Å². The number of halogens is 1. The molecule has 0 aliphatic rings. The van der Waals surface area contributed by atoms with E-state index in [1.807, 2.05) is 0 Å². The second-order valence-electron chi connectivity index (χ2n) is 3.27. The molecule has 0 bridgehead atoms. The molecule has 0 saturated heterocycles. The SMILES string of the molecule is CCS(=O)(=O)Cc1ccc(C)cc1F. The van der Waals surface area contributed by atoms with Crippen LogP contribution in [0, 0.1) is 12.7 Å². The normalized spacial score (nSPS) is 11.6. The third-order valence-electron chi connectivity index (χ3n) is 2.02. The molecule has 0 aromatic heterocycles. The molecule has 0 aliphatic heterocycles. The Labute approximate surface area is 83.7 Å². The van der Waals surface area contributed by atoms with Crippen LogP contribution < -0.4 is 0 Å². The predicted octanol–water partition coefficient (Wildman–Crippen LogP) is 2.07. The Kier molecular flexibility index (Phi) is 3.26. The van der Waals surface area contributed by atoms with Gasteiger partial charge in [0.05, 0.1) is 5.75 Å². The number of benzene rings is 1. The Morgan fingerprint density at radius 3 is 2.50 bits per heavy atom. The third kappa shape index (κ3) is 2.80. The van der Waals surface area contributed by atoms with Gasteiger partial charge in [0, 0.05) is 11.3 Å². The Bertz CT molecular complexity index is 424. The third-order valence-corrected chi connectivity index (χ3v) is 3.65. The first kappa shape index (κ1) is 11.2. The lowest BCUT2D eigenvalue weighted by Crippen LogP contribution is -2.08. The summed E-state index contributed by atoms with van der Waals surface area (Å²) in [5, 5.41) is 0. The molecule has 0 fully saturated rings. The summed E-state index contributed by atoms with van der Waals surface area (Å²) in [6.07, 6.45) is 0. The molecule has 2 nitrogen and oxygen atoms in total. The van der Waals surface area contributed by atoms with E-state index in [2.05, 4.69) is 0 Å². The first-order chi connectivity index (χ1) is 6.44. The van der Waals surface area contributed by atoms with Crippen LogP contribution in [0.15, 0.2) is 18.2 Å². The van der Waals surface area contributed by atoms with Crippen molar-refractivity contribution in [1.82, 2.24) is 0 Å². The summed E-state index contributed by atoms with van der Waals surface area (Å²) in [5.74, 6) is -0.613. The molecule has 1 aromatic rings. The maximum absolute atomic E-state index is 13.3. The van der Waals surface area contributed by atoms with E-state index in [1.54, 1.807) is 19.9 Å². The van der Waals surface area contributed by atoms with Crippen LogP contribution in [-0.2, 0) is 15.6 Å². The molecule has 0 radical (unpaired) electrons. The van der Waals surface area contributed by atoms with Crippen molar-refractivity contribution in [3.05, 3.63) is 35.1 Å². The average Bonchev–Trinajstić information content (AvgIpc) is 2.10. The van der Waals surface area contributed by atoms with Crippen LogP contribution >= 0.6 is 0 Å². The molecule has 0 N–H and O–H groups in total. The van der Waals surface area contributed by atoms with Crippen LogP contribution in [0.3, 0.4) is 0 Å². The van der Waals surface area contributed by atoms with Gasteiger partial charge in [-0.1, -0.05) is 19.1 Å². The molecular weight excluding hydrogens is 203 g/mol. The van der Waals surface area contributed by atoms with Crippen molar-refractivity contribution < 1.29 is 12.8 Å². The highest BCUT2D eigenvalue weighted by Gasteiger charge is 2.12. The maximum Gasteiger partial charge on any atom is 0.154 e. The highest BCUT2D eigenvalue weighted by Crippen LogP contribution is 2.13. The number of rotatable bonds is 3. The summed E-state index contributed by atoms with van der Waals surface area (Å²) >= 11 is 0. The van der Waals surface area contributed by atoms with Crippen LogP contribution in [-0.4, -0.2) is 14.2 Å². The largest absolute Gasteiger partial charge is 0.229 e. The fraction of sp³-hybridized carbons (Fsp3) is 0.400. The number of hydrogen-bond donors (Lipinski definition) is 0. The smallest absolute Gasteiger partial charge is 0.154 e. The van der Waals surface area contributed by atoms with E-state index in [9.17, 15) is 12.8 Å². The minimum absolute atomic E-state index is 0.0420. The predicted molar refractivity (Wildman–Crippen MR) is 54.3 cm³/mol. The van der Waals surface area contributed by atoms with E-state index in [0.717, 1.165) is 5.56 Å². The summed E-state index contributed by atoms with van der Waals surface area (Å²) in [5.41, 5.74) is 1.04. The van der Waals surface area contributed by atoms with E-state index in [-0.39, 0.29) is 17.1 Å². The molecule has 1 rings (SSSR count). The molecule has 0 heterocycles. The van der Waals surface area contributed by atoms with E-state index >= 15 is 0 Å². The Hall–Kier alpha value is -0.900. The van der Waals surface area contributed by atoms with Crippen molar-refractivity contribution in [1.29, 1.82) is 0 Å². The van der Waals surface area contributed by atoms with E-state index in [0.29, 0.717) is 0 Å². The van der Waals surface area contributed by atoms with Crippen molar-refractivity contribution in [2.45, 2.75) is 19.6 Å². The molecular formula is C10H13FO2S. The first-order valence-electron chi connectivity index (χ1n) is 4.40. The molecule has 0 spiro atoms. The van der Waals surface area contributed by atoms with Crippen LogP contribution in [0.5, 0.6) is 0 Å². The van der Waals surface area contributed by atoms with Gasteiger partial charge in [0.15, 0.2) is 9.84 Å². The number of hydrogen-bond acceptors (Lipinski definition) is 2. The molecule has 0 atom stereocenters. The number of aryl methyl sites for hydroxylation is 1. The zero-order valence-electron chi connectivity index (χ0n) is 8.25. The van der Waals surface area contributed by atoms with Crippen LogP contribution in [0.4, 0.5) is 4.39 Å². The zero-order chi connectivity index (χ0) is 10.8. The lowest BCUT2D eigenvalue weighted by molar-refractivity contribution is 0.587. The van der Waals surface area contributed by atoms with Crippen molar-refractivity contribution in [3.8, 4) is 0 Å². The topological polar surface area (TPSA) is 34.1 Å².